The van der Waals surface area contributed by atoms with Crippen LogP contribution in [0.4, 0.5) is 11.4 Å². The fraction of sp³-hybridized carbons (Fsp3) is 0.190. The van der Waals surface area contributed by atoms with Gasteiger partial charge in [-0.3, -0.25) is 19.5 Å². The van der Waals surface area contributed by atoms with Crippen molar-refractivity contribution in [3.63, 3.8) is 0 Å². The van der Waals surface area contributed by atoms with Crippen molar-refractivity contribution in [1.29, 1.82) is 0 Å². The zero-order chi connectivity index (χ0) is 22.4. The molecule has 0 atom stereocenters. The van der Waals surface area contributed by atoms with E-state index in [1.54, 1.807) is 12.1 Å². The van der Waals surface area contributed by atoms with Crippen LogP contribution in [0.3, 0.4) is 0 Å². The van der Waals surface area contributed by atoms with Crippen molar-refractivity contribution in [3.05, 3.63) is 70.8 Å². The van der Waals surface area contributed by atoms with Gasteiger partial charge in [0.05, 0.1) is 23.9 Å². The molecule has 160 valence electrons. The highest BCUT2D eigenvalue weighted by atomic mass is 32.2. The third kappa shape index (κ3) is 5.28. The summed E-state index contributed by atoms with van der Waals surface area (Å²) in [6.45, 7) is 6.25. The Morgan fingerprint density at radius 2 is 2.13 bits per heavy atom. The first-order chi connectivity index (χ1) is 14.9. The number of nitrogens with zero attached hydrogens (tertiary/aromatic N) is 4. The lowest BCUT2D eigenvalue weighted by Gasteiger charge is -2.09. The maximum absolute atomic E-state index is 12.4. The van der Waals surface area contributed by atoms with E-state index in [1.807, 2.05) is 35.8 Å². The van der Waals surface area contributed by atoms with Crippen LogP contribution in [0.5, 0.6) is 5.75 Å². The molecule has 0 fully saturated rings. The maximum Gasteiger partial charge on any atom is 0.296 e. The predicted octanol–water partition coefficient (Wildman–Crippen LogP) is 4.09. The molecule has 0 spiro atoms. The summed E-state index contributed by atoms with van der Waals surface area (Å²) < 4.78 is 6.88. The number of hydrogen-bond acceptors (Lipinski definition) is 7. The summed E-state index contributed by atoms with van der Waals surface area (Å²) in [7, 11) is 1.42. The summed E-state index contributed by atoms with van der Waals surface area (Å²) in [5.74, 6) is 0.618. The number of aromatic nitrogens is 3. The summed E-state index contributed by atoms with van der Waals surface area (Å²) in [6.07, 6.45) is 1.73. The summed E-state index contributed by atoms with van der Waals surface area (Å²) in [4.78, 5) is 23.2. The fourth-order valence-electron chi connectivity index (χ4n) is 2.90. The highest BCUT2D eigenvalue weighted by Gasteiger charge is 2.19. The monoisotopic (exact) mass is 439 g/mol. The van der Waals surface area contributed by atoms with Crippen LogP contribution in [-0.4, -0.2) is 38.5 Å². The minimum atomic E-state index is -0.569. The third-order valence-corrected chi connectivity index (χ3v) is 5.28. The van der Waals surface area contributed by atoms with Crippen molar-refractivity contribution in [2.45, 2.75) is 18.6 Å². The molecule has 0 saturated carbocycles. The number of aryl methyl sites for hydroxylation is 1. The zero-order valence-corrected chi connectivity index (χ0v) is 17.9. The number of thioether (sulfide) groups is 1. The van der Waals surface area contributed by atoms with Gasteiger partial charge in [0.25, 0.3) is 5.69 Å². The highest BCUT2D eigenvalue weighted by Crippen LogP contribution is 2.30. The molecule has 0 saturated heterocycles. The average Bonchev–Trinajstić information content (AvgIpc) is 3.15. The highest BCUT2D eigenvalue weighted by molar-refractivity contribution is 7.99. The van der Waals surface area contributed by atoms with Crippen LogP contribution < -0.4 is 10.1 Å². The van der Waals surface area contributed by atoms with Gasteiger partial charge in [-0.15, -0.1) is 16.8 Å². The van der Waals surface area contributed by atoms with Gasteiger partial charge in [-0.2, -0.15) is 0 Å². The van der Waals surface area contributed by atoms with E-state index in [4.69, 9.17) is 4.74 Å². The molecule has 10 heteroatoms. The van der Waals surface area contributed by atoms with E-state index < -0.39 is 10.8 Å². The van der Waals surface area contributed by atoms with Gasteiger partial charge in [0.2, 0.25) is 5.91 Å². The second-order valence-corrected chi connectivity index (χ2v) is 7.49. The van der Waals surface area contributed by atoms with Crippen LogP contribution in [0.15, 0.2) is 60.3 Å². The number of nitro benzene ring substituents is 1. The van der Waals surface area contributed by atoms with E-state index in [-0.39, 0.29) is 17.1 Å². The first-order valence-corrected chi connectivity index (χ1v) is 10.3. The van der Waals surface area contributed by atoms with Crippen molar-refractivity contribution >= 4 is 29.0 Å². The van der Waals surface area contributed by atoms with E-state index in [2.05, 4.69) is 22.1 Å². The largest absolute Gasteiger partial charge is 0.496 e. The lowest BCUT2D eigenvalue weighted by molar-refractivity contribution is -0.384. The molecule has 0 aliphatic rings. The Morgan fingerprint density at radius 1 is 1.32 bits per heavy atom. The lowest BCUT2D eigenvalue weighted by Crippen LogP contribution is -2.15. The molecule has 0 radical (unpaired) electrons. The molecule has 1 N–H and O–H groups in total. The molecule has 3 rings (SSSR count). The van der Waals surface area contributed by atoms with Crippen LogP contribution in [0, 0.1) is 17.0 Å². The molecule has 0 aliphatic carbocycles. The Balaban J connectivity index is 1.75. The first kappa shape index (κ1) is 22.0. The van der Waals surface area contributed by atoms with Crippen molar-refractivity contribution in [1.82, 2.24) is 14.8 Å². The van der Waals surface area contributed by atoms with E-state index in [0.717, 1.165) is 11.1 Å². The van der Waals surface area contributed by atoms with Gasteiger partial charge in [-0.1, -0.05) is 41.6 Å². The molecule has 0 unspecified atom stereocenters. The van der Waals surface area contributed by atoms with Crippen LogP contribution >= 0.6 is 11.8 Å². The predicted molar refractivity (Wildman–Crippen MR) is 119 cm³/mol. The first-order valence-electron chi connectivity index (χ1n) is 9.29. The van der Waals surface area contributed by atoms with Crippen molar-refractivity contribution < 1.29 is 14.5 Å². The molecule has 1 aromatic heterocycles. The number of hydrogen-bond donors (Lipinski definition) is 1. The number of rotatable bonds is 9. The van der Waals surface area contributed by atoms with Gasteiger partial charge in [0, 0.05) is 12.1 Å². The summed E-state index contributed by atoms with van der Waals surface area (Å²) in [5.41, 5.74) is 1.87. The zero-order valence-electron chi connectivity index (χ0n) is 17.1. The number of carbonyl (C=O) groups excluding carboxylic acids is 1. The topological polar surface area (TPSA) is 112 Å². The van der Waals surface area contributed by atoms with Gasteiger partial charge in [-0.25, -0.2) is 0 Å². The smallest absolute Gasteiger partial charge is 0.296 e. The molecule has 2 aromatic carbocycles. The van der Waals surface area contributed by atoms with E-state index in [0.29, 0.717) is 23.3 Å². The minimum Gasteiger partial charge on any atom is -0.496 e. The van der Waals surface area contributed by atoms with Crippen LogP contribution in [0.25, 0.3) is 11.4 Å². The number of anilines is 1. The Kier molecular flexibility index (Phi) is 7.03. The Morgan fingerprint density at radius 3 is 2.81 bits per heavy atom. The van der Waals surface area contributed by atoms with Gasteiger partial charge < -0.3 is 10.1 Å². The molecular weight excluding hydrogens is 418 g/mol. The number of ether oxygens (including phenoxy) is 1. The van der Waals surface area contributed by atoms with Crippen LogP contribution in [-0.2, 0) is 11.3 Å². The summed E-state index contributed by atoms with van der Waals surface area (Å²) in [6, 6.07) is 12.1. The molecule has 1 heterocycles. The van der Waals surface area contributed by atoms with Crippen LogP contribution in [0.2, 0.25) is 0 Å². The Hall–Kier alpha value is -3.66. The van der Waals surface area contributed by atoms with Crippen molar-refractivity contribution in [2.24, 2.45) is 0 Å². The molecule has 1 amide bonds. The number of allylic oxidation sites excluding steroid dienone is 1. The van der Waals surface area contributed by atoms with Crippen molar-refractivity contribution in [2.75, 3.05) is 18.2 Å². The number of nitro groups is 1. The van der Waals surface area contributed by atoms with Gasteiger partial charge in [0.15, 0.2) is 11.0 Å². The van der Waals surface area contributed by atoms with Gasteiger partial charge >= 0.3 is 0 Å². The molecular formula is C21H21N5O4S. The number of amides is 1. The standard InChI is InChI=1S/C21H21N5O4S/c1-4-10-25-20(15-7-5-6-14(2)11-15)23-24-21(25)31-13-19(27)22-17-9-8-16(30-3)12-18(17)26(28)29/h4-9,11-12H,1,10,13H2,2-3H3,(H,22,27). The number of carbonyl (C=O) groups is 1. The molecule has 31 heavy (non-hydrogen) atoms. The normalized spacial score (nSPS) is 10.5. The summed E-state index contributed by atoms with van der Waals surface area (Å²) in [5, 5.41) is 22.9. The number of methoxy groups -OCH3 is 1. The number of nitrogens with one attached hydrogen (secondary N) is 1. The minimum absolute atomic E-state index is 0.00623. The fourth-order valence-corrected chi connectivity index (χ4v) is 3.65. The SMILES string of the molecule is C=CCn1c(SCC(=O)Nc2ccc(OC)cc2[N+](=O)[O-])nnc1-c1cccc(C)c1. The van der Waals surface area contributed by atoms with Crippen molar-refractivity contribution in [3.8, 4) is 17.1 Å². The van der Waals surface area contributed by atoms with Crippen LogP contribution in [0.1, 0.15) is 5.56 Å². The quantitative estimate of drug-likeness (QED) is 0.231. The molecule has 0 aliphatic heterocycles. The molecule has 3 aromatic rings. The van der Waals surface area contributed by atoms with E-state index >= 15 is 0 Å². The molecule has 9 nitrogen and oxygen atoms in total. The third-order valence-electron chi connectivity index (χ3n) is 4.31. The van der Waals surface area contributed by atoms with Gasteiger partial charge in [-0.05, 0) is 25.1 Å². The maximum atomic E-state index is 12.4. The average molecular weight is 439 g/mol. The molecule has 0 bridgehead atoms. The van der Waals surface area contributed by atoms with Gasteiger partial charge in [0.1, 0.15) is 11.4 Å². The Labute approximate surface area is 183 Å². The van der Waals surface area contributed by atoms with E-state index in [9.17, 15) is 14.9 Å². The van der Waals surface area contributed by atoms with E-state index in [1.165, 1.54) is 31.0 Å². The lowest BCUT2D eigenvalue weighted by atomic mass is 10.1. The second kappa shape index (κ2) is 9.90. The number of benzene rings is 2. The summed E-state index contributed by atoms with van der Waals surface area (Å²) >= 11 is 1.19. The Bertz CT molecular complexity index is 1130. The second-order valence-electron chi connectivity index (χ2n) is 6.55.